The fourth-order valence-electron chi connectivity index (χ4n) is 2.88. The van der Waals surface area contributed by atoms with Gasteiger partial charge in [0.1, 0.15) is 5.82 Å². The largest absolute Gasteiger partial charge is 0.416 e. The van der Waals surface area contributed by atoms with E-state index in [2.05, 4.69) is 20.5 Å². The van der Waals surface area contributed by atoms with Crippen LogP contribution in [-0.4, -0.2) is 34.4 Å². The molecule has 0 spiro atoms. The molecule has 1 aromatic carbocycles. The Labute approximate surface area is 146 Å². The second-order valence-electron chi connectivity index (χ2n) is 6.19. The van der Waals surface area contributed by atoms with Gasteiger partial charge in [-0.25, -0.2) is 4.98 Å². The van der Waals surface area contributed by atoms with Crippen LogP contribution in [0.4, 0.5) is 5.82 Å². The minimum atomic E-state index is 0.237. The van der Waals surface area contributed by atoms with E-state index in [1.165, 1.54) is 5.56 Å². The van der Waals surface area contributed by atoms with Crippen LogP contribution in [0.25, 0.3) is 22.9 Å². The average molecular weight is 336 g/mol. The van der Waals surface area contributed by atoms with Crippen LogP contribution in [0.1, 0.15) is 18.4 Å². The number of ether oxygens (including phenoxy) is 1. The highest BCUT2D eigenvalue weighted by atomic mass is 16.5. The van der Waals surface area contributed by atoms with Crippen LogP contribution < -0.4 is 5.32 Å². The Kier molecular flexibility index (Phi) is 4.43. The molecule has 0 radical (unpaired) electrons. The summed E-state index contributed by atoms with van der Waals surface area (Å²) in [6.07, 6.45) is 4.18. The lowest BCUT2D eigenvalue weighted by atomic mass is 10.1. The van der Waals surface area contributed by atoms with Crippen molar-refractivity contribution in [2.75, 3.05) is 18.5 Å². The summed E-state index contributed by atoms with van der Waals surface area (Å²) in [4.78, 5) is 4.42. The van der Waals surface area contributed by atoms with Crippen molar-refractivity contribution in [1.29, 1.82) is 0 Å². The molecule has 3 heterocycles. The standard InChI is InChI=1S/C19H20N4O2/c1-13-6-8-14(9-7-13)18-22-23-19(25-18)16-5-2-10-20-17(16)21-12-15-4-3-11-24-15/h2,5-10,15H,3-4,11-12H2,1H3,(H,20,21)/t15-/m1/s1. The SMILES string of the molecule is Cc1ccc(-c2nnc(-c3cccnc3NC[C@H]3CCCO3)o2)cc1. The smallest absolute Gasteiger partial charge is 0.251 e. The van der Waals surface area contributed by atoms with Gasteiger partial charge in [0, 0.05) is 24.9 Å². The van der Waals surface area contributed by atoms with Gasteiger partial charge in [-0.2, -0.15) is 0 Å². The van der Waals surface area contributed by atoms with Crippen LogP contribution >= 0.6 is 0 Å². The third-order valence-corrected chi connectivity index (χ3v) is 4.28. The zero-order chi connectivity index (χ0) is 17.1. The second-order valence-corrected chi connectivity index (χ2v) is 6.19. The molecule has 3 aromatic rings. The van der Waals surface area contributed by atoms with Crippen molar-refractivity contribution in [2.24, 2.45) is 0 Å². The van der Waals surface area contributed by atoms with Crippen LogP contribution in [-0.2, 0) is 4.74 Å². The third kappa shape index (κ3) is 3.53. The van der Waals surface area contributed by atoms with Crippen molar-refractivity contribution in [3.63, 3.8) is 0 Å². The van der Waals surface area contributed by atoms with Crippen molar-refractivity contribution in [3.05, 3.63) is 48.2 Å². The summed E-state index contributed by atoms with van der Waals surface area (Å²) in [7, 11) is 0. The number of rotatable bonds is 5. The Hall–Kier alpha value is -2.73. The highest BCUT2D eigenvalue weighted by Gasteiger charge is 2.18. The van der Waals surface area contributed by atoms with Crippen LogP contribution in [0.2, 0.25) is 0 Å². The summed E-state index contributed by atoms with van der Waals surface area (Å²) >= 11 is 0. The molecule has 6 nitrogen and oxygen atoms in total. The van der Waals surface area contributed by atoms with E-state index in [0.717, 1.165) is 42.9 Å². The number of nitrogens with zero attached hydrogens (tertiary/aromatic N) is 3. The van der Waals surface area contributed by atoms with Gasteiger partial charge in [0.2, 0.25) is 5.89 Å². The maximum absolute atomic E-state index is 5.87. The Morgan fingerprint density at radius 2 is 1.96 bits per heavy atom. The summed E-state index contributed by atoms with van der Waals surface area (Å²) in [6.45, 7) is 3.61. The molecule has 4 rings (SSSR count). The Bertz CT molecular complexity index is 839. The second kappa shape index (κ2) is 7.03. The molecule has 1 aliphatic rings. The monoisotopic (exact) mass is 336 g/mol. The highest BCUT2D eigenvalue weighted by Crippen LogP contribution is 2.28. The van der Waals surface area contributed by atoms with Gasteiger partial charge >= 0.3 is 0 Å². The van der Waals surface area contributed by atoms with E-state index in [0.29, 0.717) is 11.8 Å². The number of benzene rings is 1. The maximum Gasteiger partial charge on any atom is 0.251 e. The lowest BCUT2D eigenvalue weighted by Crippen LogP contribution is -2.19. The van der Waals surface area contributed by atoms with E-state index >= 15 is 0 Å². The van der Waals surface area contributed by atoms with Gasteiger partial charge in [0.25, 0.3) is 5.89 Å². The number of anilines is 1. The summed E-state index contributed by atoms with van der Waals surface area (Å²) in [6, 6.07) is 11.8. The van der Waals surface area contributed by atoms with Crippen LogP contribution in [0.15, 0.2) is 47.0 Å². The molecule has 0 unspecified atom stereocenters. The molecule has 6 heteroatoms. The van der Waals surface area contributed by atoms with Gasteiger partial charge in [0.15, 0.2) is 0 Å². The third-order valence-electron chi connectivity index (χ3n) is 4.28. The zero-order valence-corrected chi connectivity index (χ0v) is 14.1. The number of aromatic nitrogens is 3. The van der Waals surface area contributed by atoms with Crippen molar-refractivity contribution in [1.82, 2.24) is 15.2 Å². The fourth-order valence-corrected chi connectivity index (χ4v) is 2.88. The van der Waals surface area contributed by atoms with E-state index in [-0.39, 0.29) is 6.10 Å². The topological polar surface area (TPSA) is 73.1 Å². The molecule has 1 fully saturated rings. The van der Waals surface area contributed by atoms with E-state index < -0.39 is 0 Å². The van der Waals surface area contributed by atoms with E-state index in [1.807, 2.05) is 43.3 Å². The van der Waals surface area contributed by atoms with Gasteiger partial charge in [-0.05, 0) is 44.0 Å². The van der Waals surface area contributed by atoms with Gasteiger partial charge in [-0.15, -0.1) is 10.2 Å². The molecule has 0 saturated carbocycles. The first-order valence-corrected chi connectivity index (χ1v) is 8.51. The summed E-state index contributed by atoms with van der Waals surface area (Å²) in [5.74, 6) is 1.69. The Morgan fingerprint density at radius 1 is 1.12 bits per heavy atom. The van der Waals surface area contributed by atoms with Crippen LogP contribution in [0.3, 0.4) is 0 Å². The first-order valence-electron chi connectivity index (χ1n) is 8.51. The van der Waals surface area contributed by atoms with E-state index in [4.69, 9.17) is 9.15 Å². The van der Waals surface area contributed by atoms with Gasteiger partial charge < -0.3 is 14.5 Å². The lowest BCUT2D eigenvalue weighted by Gasteiger charge is -2.12. The van der Waals surface area contributed by atoms with Gasteiger partial charge in [0.05, 0.1) is 11.7 Å². The molecule has 25 heavy (non-hydrogen) atoms. The minimum absolute atomic E-state index is 0.237. The van der Waals surface area contributed by atoms with Crippen LogP contribution in [0.5, 0.6) is 0 Å². The molecule has 0 amide bonds. The molecule has 1 aliphatic heterocycles. The maximum atomic E-state index is 5.87. The first-order chi connectivity index (χ1) is 12.3. The molecule has 1 saturated heterocycles. The predicted molar refractivity (Wildman–Crippen MR) is 95.2 cm³/mol. The normalized spacial score (nSPS) is 16.9. The number of nitrogens with one attached hydrogen (secondary N) is 1. The summed E-state index contributed by atoms with van der Waals surface area (Å²) < 4.78 is 11.5. The zero-order valence-electron chi connectivity index (χ0n) is 14.1. The number of hydrogen-bond donors (Lipinski definition) is 1. The van der Waals surface area contributed by atoms with E-state index in [9.17, 15) is 0 Å². The van der Waals surface area contributed by atoms with Crippen molar-refractivity contribution in [3.8, 4) is 22.9 Å². The number of pyridine rings is 1. The van der Waals surface area contributed by atoms with Crippen molar-refractivity contribution < 1.29 is 9.15 Å². The Balaban J connectivity index is 1.56. The molecule has 1 N–H and O–H groups in total. The molecule has 1 atom stereocenters. The van der Waals surface area contributed by atoms with E-state index in [1.54, 1.807) is 6.20 Å². The van der Waals surface area contributed by atoms with Crippen molar-refractivity contribution in [2.45, 2.75) is 25.9 Å². The molecular formula is C19H20N4O2. The van der Waals surface area contributed by atoms with Gasteiger partial charge in [-0.1, -0.05) is 17.7 Å². The summed E-state index contributed by atoms with van der Waals surface area (Å²) in [5, 5.41) is 11.7. The predicted octanol–water partition coefficient (Wildman–Crippen LogP) is 3.70. The molecule has 2 aromatic heterocycles. The quantitative estimate of drug-likeness (QED) is 0.766. The highest BCUT2D eigenvalue weighted by molar-refractivity contribution is 5.69. The fraction of sp³-hybridized carbons (Fsp3) is 0.316. The molecule has 0 aliphatic carbocycles. The number of hydrogen-bond acceptors (Lipinski definition) is 6. The van der Waals surface area contributed by atoms with Gasteiger partial charge in [-0.3, -0.25) is 0 Å². The first kappa shape index (κ1) is 15.8. The molecular weight excluding hydrogens is 316 g/mol. The lowest BCUT2D eigenvalue weighted by molar-refractivity contribution is 0.120. The molecule has 128 valence electrons. The van der Waals surface area contributed by atoms with Crippen LogP contribution in [0, 0.1) is 6.92 Å². The molecule has 0 bridgehead atoms. The van der Waals surface area contributed by atoms with Crippen molar-refractivity contribution >= 4 is 5.82 Å². The Morgan fingerprint density at radius 3 is 2.76 bits per heavy atom. The minimum Gasteiger partial charge on any atom is -0.416 e. The number of aryl methyl sites for hydroxylation is 1. The summed E-state index contributed by atoms with van der Waals surface area (Å²) in [5.41, 5.74) is 2.89. The average Bonchev–Trinajstić information content (AvgIpc) is 3.33.